The van der Waals surface area contributed by atoms with Gasteiger partial charge in [-0.05, 0) is 55.3 Å². The molecule has 0 saturated carbocycles. The summed E-state index contributed by atoms with van der Waals surface area (Å²) in [6, 6.07) is 18.9. The maximum absolute atomic E-state index is 13.3. The van der Waals surface area contributed by atoms with Crippen LogP contribution in [0, 0.1) is 6.92 Å². The number of carbonyl (C=O) groups is 3. The van der Waals surface area contributed by atoms with E-state index in [0.29, 0.717) is 39.9 Å². The van der Waals surface area contributed by atoms with E-state index < -0.39 is 12.0 Å². The fourth-order valence-electron chi connectivity index (χ4n) is 3.77. The van der Waals surface area contributed by atoms with Crippen LogP contribution in [0.15, 0.2) is 72.9 Å². The van der Waals surface area contributed by atoms with Crippen molar-refractivity contribution in [1.29, 1.82) is 0 Å². The summed E-state index contributed by atoms with van der Waals surface area (Å²) in [6.07, 6.45) is 2.15. The third kappa shape index (κ3) is 7.42. The second kappa shape index (κ2) is 12.7. The zero-order valence-electron chi connectivity index (χ0n) is 21.4. The molecule has 0 saturated heterocycles. The van der Waals surface area contributed by atoms with Gasteiger partial charge in [0.25, 0.3) is 0 Å². The van der Waals surface area contributed by atoms with E-state index in [1.54, 1.807) is 54.7 Å². The van der Waals surface area contributed by atoms with Crippen molar-refractivity contribution in [3.8, 4) is 11.5 Å². The number of anilines is 2. The number of benzene rings is 3. The van der Waals surface area contributed by atoms with E-state index in [9.17, 15) is 14.4 Å². The van der Waals surface area contributed by atoms with E-state index in [4.69, 9.17) is 14.6 Å². The summed E-state index contributed by atoms with van der Waals surface area (Å²) in [5, 5.41) is 14.6. The summed E-state index contributed by atoms with van der Waals surface area (Å²) in [4.78, 5) is 41.8. The number of carboxylic acid groups (broad SMARTS) is 1. The van der Waals surface area contributed by atoms with Crippen molar-refractivity contribution in [2.45, 2.75) is 26.4 Å². The van der Waals surface area contributed by atoms with Crippen LogP contribution in [-0.2, 0) is 17.8 Å². The second-order valence-corrected chi connectivity index (χ2v) is 9.73. The Morgan fingerprint density at radius 3 is 2.49 bits per heavy atom. The van der Waals surface area contributed by atoms with E-state index in [2.05, 4.69) is 15.6 Å². The molecule has 0 fully saturated rings. The molecular weight excluding hydrogens is 518 g/mol. The Morgan fingerprint density at radius 2 is 1.74 bits per heavy atom. The molecule has 1 aromatic heterocycles. The average molecular weight is 546 g/mol. The number of thiazole rings is 1. The number of carboxylic acids is 1. The first-order valence-electron chi connectivity index (χ1n) is 12.1. The maximum atomic E-state index is 13.3. The van der Waals surface area contributed by atoms with E-state index in [1.807, 2.05) is 25.1 Å². The van der Waals surface area contributed by atoms with Crippen molar-refractivity contribution >= 4 is 39.9 Å². The minimum atomic E-state index is -0.834. The molecule has 4 aromatic rings. The number of ether oxygens (including phenoxy) is 2. The lowest BCUT2D eigenvalue weighted by Crippen LogP contribution is -2.21. The molecule has 0 radical (unpaired) electrons. The molecule has 39 heavy (non-hydrogen) atoms. The second-order valence-electron chi connectivity index (χ2n) is 8.62. The molecule has 0 aliphatic heterocycles. The van der Waals surface area contributed by atoms with Crippen molar-refractivity contribution in [2.24, 2.45) is 0 Å². The fourth-order valence-corrected chi connectivity index (χ4v) is 4.49. The van der Waals surface area contributed by atoms with Gasteiger partial charge in [0.2, 0.25) is 0 Å². The Morgan fingerprint density at radius 1 is 0.974 bits per heavy atom. The predicted octanol–water partition coefficient (Wildman–Crippen LogP) is 5.93. The number of hydrogen-bond acceptors (Lipinski definition) is 7. The highest BCUT2D eigenvalue weighted by Gasteiger charge is 2.19. The molecule has 0 unspecified atom stereocenters. The third-order valence-electron chi connectivity index (χ3n) is 5.73. The lowest BCUT2D eigenvalue weighted by Gasteiger charge is -2.13. The van der Waals surface area contributed by atoms with Crippen LogP contribution in [0.4, 0.5) is 15.6 Å². The lowest BCUT2D eigenvalue weighted by atomic mass is 9.99. The van der Waals surface area contributed by atoms with Crippen LogP contribution >= 0.6 is 11.3 Å². The minimum Gasteiger partial charge on any atom is -0.496 e. The van der Waals surface area contributed by atoms with Crippen molar-refractivity contribution < 1.29 is 29.0 Å². The molecular formula is C29H27N3O6S. The normalized spacial score (nSPS) is 10.5. The van der Waals surface area contributed by atoms with Crippen molar-refractivity contribution in [2.75, 3.05) is 17.7 Å². The van der Waals surface area contributed by atoms with Crippen LogP contribution in [0.25, 0.3) is 0 Å². The van der Waals surface area contributed by atoms with Gasteiger partial charge >= 0.3 is 12.0 Å². The lowest BCUT2D eigenvalue weighted by molar-refractivity contribution is -0.136. The van der Waals surface area contributed by atoms with Crippen LogP contribution in [-0.4, -0.2) is 35.0 Å². The van der Waals surface area contributed by atoms with E-state index >= 15 is 0 Å². The number of nitrogens with one attached hydrogen (secondary N) is 2. The molecule has 4 rings (SSSR count). The highest BCUT2D eigenvalue weighted by atomic mass is 32.1. The Hall–Kier alpha value is -4.70. The highest BCUT2D eigenvalue weighted by molar-refractivity contribution is 7.15. The van der Waals surface area contributed by atoms with Gasteiger partial charge in [-0.3, -0.25) is 14.9 Å². The van der Waals surface area contributed by atoms with Crippen LogP contribution in [0.1, 0.15) is 38.3 Å². The Balaban J connectivity index is 1.36. The smallest absolute Gasteiger partial charge is 0.325 e. The molecule has 2 amide bonds. The van der Waals surface area contributed by atoms with Crippen molar-refractivity contribution in [3.63, 3.8) is 0 Å². The fraction of sp³-hybridized carbons (Fsp3) is 0.172. The average Bonchev–Trinajstić information content (AvgIpc) is 3.38. The molecule has 1 heterocycles. The largest absolute Gasteiger partial charge is 0.496 e. The first-order valence-corrected chi connectivity index (χ1v) is 12.9. The van der Waals surface area contributed by atoms with Gasteiger partial charge in [-0.2, -0.15) is 0 Å². The Labute approximate surface area is 229 Å². The monoisotopic (exact) mass is 545 g/mol. The number of aryl methyl sites for hydroxylation is 2. The number of ketones is 1. The van der Waals surface area contributed by atoms with E-state index in [1.165, 1.54) is 18.4 Å². The van der Waals surface area contributed by atoms with Crippen molar-refractivity contribution in [3.05, 3.63) is 100 Å². The van der Waals surface area contributed by atoms with Crippen LogP contribution < -0.4 is 20.1 Å². The number of urea groups is 1. The quantitative estimate of drug-likeness (QED) is 0.199. The number of aliphatic carboxylic acids is 1. The van der Waals surface area contributed by atoms with Gasteiger partial charge in [-0.15, -0.1) is 0 Å². The number of aromatic nitrogens is 1. The number of para-hydroxylation sites is 1. The zero-order chi connectivity index (χ0) is 27.8. The summed E-state index contributed by atoms with van der Waals surface area (Å²) in [5.74, 6) is -0.0123. The SMILES string of the molecule is COc1ccccc1C(=O)c1cc(C)ccc1NC(=O)Nc1ncc(COc2ccc(CCC(=O)O)cc2)s1. The summed E-state index contributed by atoms with van der Waals surface area (Å²) < 4.78 is 11.1. The van der Waals surface area contributed by atoms with E-state index in [-0.39, 0.29) is 18.8 Å². The molecule has 9 nitrogen and oxygen atoms in total. The van der Waals surface area contributed by atoms with Gasteiger partial charge in [0.05, 0.1) is 23.2 Å². The first-order chi connectivity index (χ1) is 18.8. The number of rotatable bonds is 11. The van der Waals surface area contributed by atoms with Gasteiger partial charge in [0.1, 0.15) is 18.1 Å². The van der Waals surface area contributed by atoms with Crippen molar-refractivity contribution in [1.82, 2.24) is 4.98 Å². The zero-order valence-corrected chi connectivity index (χ0v) is 22.2. The summed E-state index contributed by atoms with van der Waals surface area (Å²) in [6.45, 7) is 2.13. The Kier molecular flexibility index (Phi) is 8.90. The molecule has 0 aliphatic rings. The molecule has 0 atom stereocenters. The number of amides is 2. The van der Waals surface area contributed by atoms with E-state index in [0.717, 1.165) is 16.0 Å². The summed E-state index contributed by atoms with van der Waals surface area (Å²) in [5.41, 5.74) is 2.89. The number of nitrogens with zero attached hydrogens (tertiary/aromatic N) is 1. The first kappa shape index (κ1) is 27.3. The van der Waals surface area contributed by atoms with Crippen LogP contribution in [0.2, 0.25) is 0 Å². The molecule has 3 aromatic carbocycles. The van der Waals surface area contributed by atoms with Crippen LogP contribution in [0.5, 0.6) is 11.5 Å². The Bertz CT molecular complexity index is 1480. The molecule has 10 heteroatoms. The molecule has 0 aliphatic carbocycles. The van der Waals surface area contributed by atoms with Gasteiger partial charge in [-0.25, -0.2) is 9.78 Å². The minimum absolute atomic E-state index is 0.0771. The number of methoxy groups -OCH3 is 1. The molecule has 3 N–H and O–H groups in total. The third-order valence-corrected chi connectivity index (χ3v) is 6.61. The molecule has 200 valence electrons. The van der Waals surface area contributed by atoms with Crippen LogP contribution in [0.3, 0.4) is 0 Å². The van der Waals surface area contributed by atoms with Gasteiger partial charge in [-0.1, -0.05) is 47.2 Å². The summed E-state index contributed by atoms with van der Waals surface area (Å²) >= 11 is 1.26. The molecule has 0 bridgehead atoms. The number of carbonyl (C=O) groups excluding carboxylic acids is 2. The topological polar surface area (TPSA) is 127 Å². The molecule has 0 spiro atoms. The number of hydrogen-bond donors (Lipinski definition) is 3. The van der Waals surface area contributed by atoms with Gasteiger partial charge in [0, 0.05) is 18.2 Å². The van der Waals surface area contributed by atoms with Gasteiger partial charge < -0.3 is 19.9 Å². The highest BCUT2D eigenvalue weighted by Crippen LogP contribution is 2.27. The van der Waals surface area contributed by atoms with Gasteiger partial charge in [0.15, 0.2) is 10.9 Å². The predicted molar refractivity (Wildman–Crippen MR) is 149 cm³/mol. The summed E-state index contributed by atoms with van der Waals surface area (Å²) in [7, 11) is 1.50. The maximum Gasteiger partial charge on any atom is 0.325 e. The standard InChI is InChI=1S/C29H27N3O6S/c1-18-7-13-24(23(15-18)27(35)22-5-3-4-6-25(22)37-2)31-28(36)32-29-30-16-21(39-29)17-38-20-11-8-19(9-12-20)10-14-26(33)34/h3-9,11-13,15-16H,10,14,17H2,1-2H3,(H,33,34)(H2,30,31,32,36).